The van der Waals surface area contributed by atoms with E-state index in [1.807, 2.05) is 13.0 Å². The van der Waals surface area contributed by atoms with Crippen LogP contribution in [0.4, 0.5) is 17.1 Å². The predicted octanol–water partition coefficient (Wildman–Crippen LogP) is 2.05. The van der Waals surface area contributed by atoms with Crippen molar-refractivity contribution in [2.45, 2.75) is 27.2 Å². The average molecular weight is 285 g/mol. The summed E-state index contributed by atoms with van der Waals surface area (Å²) in [7, 11) is -3.34. The number of nitrogen functional groups attached to an aromatic ring is 1. The third-order valence-electron chi connectivity index (χ3n) is 3.07. The van der Waals surface area contributed by atoms with Crippen molar-refractivity contribution in [3.63, 3.8) is 0 Å². The van der Waals surface area contributed by atoms with Gasteiger partial charge in [-0.3, -0.25) is 4.72 Å². The fourth-order valence-corrected chi connectivity index (χ4v) is 2.79. The third-order valence-corrected chi connectivity index (χ3v) is 3.64. The van der Waals surface area contributed by atoms with Gasteiger partial charge < -0.3 is 10.6 Å². The van der Waals surface area contributed by atoms with Gasteiger partial charge in [-0.05, 0) is 32.4 Å². The highest BCUT2D eigenvalue weighted by Gasteiger charge is 2.16. The minimum Gasteiger partial charge on any atom is -0.397 e. The van der Waals surface area contributed by atoms with Gasteiger partial charge in [0.05, 0.1) is 17.6 Å². The van der Waals surface area contributed by atoms with Crippen molar-refractivity contribution < 1.29 is 8.42 Å². The number of hydrogen-bond acceptors (Lipinski definition) is 4. The van der Waals surface area contributed by atoms with Gasteiger partial charge in [-0.2, -0.15) is 0 Å². The van der Waals surface area contributed by atoms with Crippen molar-refractivity contribution in [2.75, 3.05) is 34.7 Å². The number of nitrogens with one attached hydrogen (secondary N) is 1. The van der Waals surface area contributed by atoms with Gasteiger partial charge in [0.15, 0.2) is 0 Å². The number of rotatable bonds is 6. The van der Waals surface area contributed by atoms with Crippen LogP contribution in [-0.2, 0) is 16.4 Å². The fourth-order valence-electron chi connectivity index (χ4n) is 2.18. The number of hydrogen-bond donors (Lipinski definition) is 2. The largest absolute Gasteiger partial charge is 0.397 e. The molecule has 0 saturated carbocycles. The summed E-state index contributed by atoms with van der Waals surface area (Å²) in [6.45, 7) is 7.87. The van der Waals surface area contributed by atoms with E-state index in [2.05, 4.69) is 23.5 Å². The maximum atomic E-state index is 11.5. The first-order valence-corrected chi connectivity index (χ1v) is 8.37. The smallest absolute Gasteiger partial charge is 0.229 e. The SMILES string of the molecule is CCc1c(N(CC)CC)ccc(N)c1NS(C)(=O)=O. The maximum Gasteiger partial charge on any atom is 0.229 e. The number of sulfonamides is 1. The van der Waals surface area contributed by atoms with Crippen molar-refractivity contribution in [1.29, 1.82) is 0 Å². The minimum atomic E-state index is -3.34. The second kappa shape index (κ2) is 6.14. The summed E-state index contributed by atoms with van der Waals surface area (Å²) in [6, 6.07) is 3.70. The molecule has 0 saturated heterocycles. The molecule has 0 atom stereocenters. The topological polar surface area (TPSA) is 75.4 Å². The lowest BCUT2D eigenvalue weighted by Gasteiger charge is -2.26. The fraction of sp³-hybridized carbons (Fsp3) is 0.538. The Bertz CT molecular complexity index is 537. The van der Waals surface area contributed by atoms with E-state index in [1.54, 1.807) is 6.07 Å². The van der Waals surface area contributed by atoms with Crippen LogP contribution in [0.2, 0.25) is 0 Å². The summed E-state index contributed by atoms with van der Waals surface area (Å²) in [5, 5.41) is 0. The summed E-state index contributed by atoms with van der Waals surface area (Å²) in [4.78, 5) is 2.19. The lowest BCUT2D eigenvalue weighted by atomic mass is 10.1. The molecule has 3 N–H and O–H groups in total. The molecule has 0 radical (unpaired) electrons. The van der Waals surface area contributed by atoms with E-state index in [0.717, 1.165) is 30.6 Å². The minimum absolute atomic E-state index is 0.457. The molecular formula is C13H23N3O2S. The zero-order chi connectivity index (χ0) is 14.6. The second-order valence-electron chi connectivity index (χ2n) is 4.43. The summed E-state index contributed by atoms with van der Waals surface area (Å²) >= 11 is 0. The molecule has 0 heterocycles. The van der Waals surface area contributed by atoms with Crippen LogP contribution in [0, 0.1) is 0 Å². The molecule has 0 fully saturated rings. The first kappa shape index (κ1) is 15.6. The van der Waals surface area contributed by atoms with E-state index < -0.39 is 10.0 Å². The van der Waals surface area contributed by atoms with Gasteiger partial charge in [-0.15, -0.1) is 0 Å². The molecule has 1 rings (SSSR count). The molecule has 0 aromatic heterocycles. The Morgan fingerprint density at radius 3 is 2.21 bits per heavy atom. The Kier molecular flexibility index (Phi) is 5.05. The second-order valence-corrected chi connectivity index (χ2v) is 6.18. The zero-order valence-electron chi connectivity index (χ0n) is 12.0. The summed E-state index contributed by atoms with van der Waals surface area (Å²) < 4.78 is 25.5. The van der Waals surface area contributed by atoms with Gasteiger partial charge in [0.25, 0.3) is 0 Å². The summed E-state index contributed by atoms with van der Waals surface area (Å²) in [6.07, 6.45) is 1.85. The van der Waals surface area contributed by atoms with Crippen LogP contribution in [0.3, 0.4) is 0 Å². The first-order valence-electron chi connectivity index (χ1n) is 6.48. The molecule has 0 spiro atoms. The molecular weight excluding hydrogens is 262 g/mol. The maximum absolute atomic E-state index is 11.5. The molecule has 1 aromatic carbocycles. The molecule has 0 amide bonds. The summed E-state index contributed by atoms with van der Waals surface area (Å²) in [5.41, 5.74) is 8.85. The molecule has 0 unspecified atom stereocenters. The van der Waals surface area contributed by atoms with Gasteiger partial charge in [-0.1, -0.05) is 6.92 Å². The first-order chi connectivity index (χ1) is 8.84. The van der Waals surface area contributed by atoms with Gasteiger partial charge in [0.2, 0.25) is 10.0 Å². The highest BCUT2D eigenvalue weighted by atomic mass is 32.2. The highest BCUT2D eigenvalue weighted by molar-refractivity contribution is 7.92. The average Bonchev–Trinajstić information content (AvgIpc) is 2.33. The number of benzene rings is 1. The van der Waals surface area contributed by atoms with Crippen molar-refractivity contribution in [2.24, 2.45) is 0 Å². The quantitative estimate of drug-likeness (QED) is 0.784. The van der Waals surface area contributed by atoms with Gasteiger partial charge in [-0.25, -0.2) is 8.42 Å². The molecule has 0 aliphatic heterocycles. The Hall–Kier alpha value is -1.43. The van der Waals surface area contributed by atoms with Crippen LogP contribution in [-0.4, -0.2) is 27.8 Å². The van der Waals surface area contributed by atoms with Crippen LogP contribution < -0.4 is 15.4 Å². The van der Waals surface area contributed by atoms with E-state index in [1.165, 1.54) is 0 Å². The number of nitrogens with two attached hydrogens (primary N) is 1. The lowest BCUT2D eigenvalue weighted by molar-refractivity contribution is 0.606. The molecule has 0 aliphatic rings. The van der Waals surface area contributed by atoms with Crippen LogP contribution in [0.5, 0.6) is 0 Å². The molecule has 6 heteroatoms. The molecule has 1 aromatic rings. The normalized spacial score (nSPS) is 11.4. The Balaban J connectivity index is 3.41. The monoisotopic (exact) mass is 285 g/mol. The standard InChI is InChI=1S/C13H23N3O2S/c1-5-10-12(16(6-2)7-3)9-8-11(14)13(10)15-19(4,17)18/h8-9,15H,5-7,14H2,1-4H3. The molecule has 19 heavy (non-hydrogen) atoms. The van der Waals surface area contributed by atoms with E-state index in [-0.39, 0.29) is 0 Å². The zero-order valence-corrected chi connectivity index (χ0v) is 12.8. The van der Waals surface area contributed by atoms with Crippen molar-refractivity contribution in [1.82, 2.24) is 0 Å². The van der Waals surface area contributed by atoms with E-state index in [4.69, 9.17) is 5.73 Å². The lowest BCUT2D eigenvalue weighted by Crippen LogP contribution is -2.24. The summed E-state index contributed by atoms with van der Waals surface area (Å²) in [5.74, 6) is 0. The molecule has 5 nitrogen and oxygen atoms in total. The molecule has 0 aliphatic carbocycles. The number of nitrogens with zero attached hydrogens (tertiary/aromatic N) is 1. The van der Waals surface area contributed by atoms with E-state index >= 15 is 0 Å². The highest BCUT2D eigenvalue weighted by Crippen LogP contribution is 2.33. The Morgan fingerprint density at radius 1 is 1.21 bits per heavy atom. The Morgan fingerprint density at radius 2 is 1.79 bits per heavy atom. The third kappa shape index (κ3) is 3.76. The van der Waals surface area contributed by atoms with E-state index in [0.29, 0.717) is 17.8 Å². The van der Waals surface area contributed by atoms with E-state index in [9.17, 15) is 8.42 Å². The van der Waals surface area contributed by atoms with Crippen LogP contribution >= 0.6 is 0 Å². The molecule has 0 bridgehead atoms. The number of anilines is 3. The van der Waals surface area contributed by atoms with Crippen LogP contribution in [0.1, 0.15) is 26.3 Å². The predicted molar refractivity (Wildman–Crippen MR) is 82.3 cm³/mol. The van der Waals surface area contributed by atoms with Gasteiger partial charge in [0.1, 0.15) is 0 Å². The molecule has 108 valence electrons. The van der Waals surface area contributed by atoms with Gasteiger partial charge >= 0.3 is 0 Å². The van der Waals surface area contributed by atoms with Crippen molar-refractivity contribution in [3.05, 3.63) is 17.7 Å². The van der Waals surface area contributed by atoms with Crippen LogP contribution in [0.25, 0.3) is 0 Å². The van der Waals surface area contributed by atoms with Crippen molar-refractivity contribution in [3.8, 4) is 0 Å². The Labute approximate surface area is 115 Å². The van der Waals surface area contributed by atoms with Gasteiger partial charge in [0, 0.05) is 24.3 Å². The van der Waals surface area contributed by atoms with Crippen molar-refractivity contribution >= 4 is 27.1 Å². The van der Waals surface area contributed by atoms with Crippen LogP contribution in [0.15, 0.2) is 12.1 Å².